The molecule has 2 heteroatoms. The van der Waals surface area contributed by atoms with E-state index in [2.05, 4.69) is 85.8 Å². The molecule has 0 aliphatic carbocycles. The summed E-state index contributed by atoms with van der Waals surface area (Å²) >= 11 is 1.93. The third-order valence-electron chi connectivity index (χ3n) is 4.30. The fraction of sp³-hybridized carbons (Fsp3) is 0.136. The Bertz CT molecular complexity index is 869. The quantitative estimate of drug-likeness (QED) is 0.533. The fourth-order valence-corrected chi connectivity index (χ4v) is 4.37. The van der Waals surface area contributed by atoms with Crippen LogP contribution in [0.3, 0.4) is 0 Å². The van der Waals surface area contributed by atoms with Crippen molar-refractivity contribution in [1.82, 2.24) is 0 Å². The maximum absolute atomic E-state index is 5.02. The number of hydrogen-bond donors (Lipinski definition) is 0. The van der Waals surface area contributed by atoms with Crippen molar-refractivity contribution in [1.29, 1.82) is 0 Å². The molecule has 3 aromatic carbocycles. The first kappa shape index (κ1) is 15.2. The van der Waals surface area contributed by atoms with Gasteiger partial charge in [0.1, 0.15) is 0 Å². The van der Waals surface area contributed by atoms with Crippen LogP contribution in [0.15, 0.2) is 88.8 Å². The molecule has 1 aliphatic rings. The van der Waals surface area contributed by atoms with Crippen molar-refractivity contribution in [3.05, 3.63) is 95.6 Å². The van der Waals surface area contributed by atoms with E-state index in [4.69, 9.17) is 4.99 Å². The standard InChI is InChI=1S/C22H19NS/c1-16-12-13-19-22(14-16)24-21(18-10-6-3-7-11-18)15-20(23-19)17-8-4-2-5-9-17/h2-14,21H,15H2,1H3. The van der Waals surface area contributed by atoms with Gasteiger partial charge >= 0.3 is 0 Å². The average Bonchev–Trinajstić information content (AvgIpc) is 2.82. The van der Waals surface area contributed by atoms with Crippen LogP contribution >= 0.6 is 11.8 Å². The Morgan fingerprint density at radius 3 is 2.33 bits per heavy atom. The number of aryl methyl sites for hydroxylation is 1. The number of thioether (sulfide) groups is 1. The summed E-state index contributed by atoms with van der Waals surface area (Å²) in [5.74, 6) is 0. The van der Waals surface area contributed by atoms with E-state index < -0.39 is 0 Å². The Balaban J connectivity index is 1.82. The van der Waals surface area contributed by atoms with Crippen molar-refractivity contribution in [2.45, 2.75) is 23.5 Å². The van der Waals surface area contributed by atoms with Gasteiger partial charge in [-0.2, -0.15) is 0 Å². The van der Waals surface area contributed by atoms with E-state index in [1.807, 2.05) is 11.8 Å². The van der Waals surface area contributed by atoms with Crippen molar-refractivity contribution >= 4 is 23.2 Å². The van der Waals surface area contributed by atoms with Crippen LogP contribution < -0.4 is 0 Å². The Morgan fingerprint density at radius 2 is 1.58 bits per heavy atom. The van der Waals surface area contributed by atoms with Gasteiger partial charge in [0.15, 0.2) is 0 Å². The molecule has 0 aromatic heterocycles. The molecule has 1 heterocycles. The fourth-order valence-electron chi connectivity index (χ4n) is 3.04. The van der Waals surface area contributed by atoms with Crippen LogP contribution in [0.25, 0.3) is 0 Å². The lowest BCUT2D eigenvalue weighted by atomic mass is 10.0. The van der Waals surface area contributed by atoms with Gasteiger partial charge < -0.3 is 0 Å². The molecule has 1 unspecified atom stereocenters. The van der Waals surface area contributed by atoms with Gasteiger partial charge in [-0.3, -0.25) is 4.99 Å². The van der Waals surface area contributed by atoms with Gasteiger partial charge in [-0.15, -0.1) is 11.8 Å². The second kappa shape index (κ2) is 6.66. The van der Waals surface area contributed by atoms with Crippen LogP contribution in [0, 0.1) is 6.92 Å². The van der Waals surface area contributed by atoms with E-state index in [-0.39, 0.29) is 0 Å². The van der Waals surface area contributed by atoms with Crippen LogP contribution in [0.1, 0.15) is 28.4 Å². The van der Waals surface area contributed by atoms with Gasteiger partial charge in [0.05, 0.1) is 5.69 Å². The molecule has 1 nitrogen and oxygen atoms in total. The van der Waals surface area contributed by atoms with Gasteiger partial charge in [0.25, 0.3) is 0 Å². The lowest BCUT2D eigenvalue weighted by molar-refractivity contribution is 1.01. The molecule has 118 valence electrons. The number of hydrogen-bond acceptors (Lipinski definition) is 2. The summed E-state index contributed by atoms with van der Waals surface area (Å²) in [6, 6.07) is 27.9. The van der Waals surface area contributed by atoms with Crippen molar-refractivity contribution in [2.24, 2.45) is 4.99 Å². The highest BCUT2D eigenvalue weighted by molar-refractivity contribution is 7.99. The van der Waals surface area contributed by atoms with Gasteiger partial charge in [-0.1, -0.05) is 66.7 Å². The zero-order valence-corrected chi connectivity index (χ0v) is 14.5. The minimum absolute atomic E-state index is 0.383. The number of nitrogens with zero attached hydrogens (tertiary/aromatic N) is 1. The Labute approximate surface area is 147 Å². The van der Waals surface area contributed by atoms with E-state index in [1.165, 1.54) is 27.3 Å². The van der Waals surface area contributed by atoms with Crippen LogP contribution in [-0.2, 0) is 0 Å². The summed E-state index contributed by atoms with van der Waals surface area (Å²) in [7, 11) is 0. The first-order valence-electron chi connectivity index (χ1n) is 8.25. The molecule has 4 rings (SSSR count). The predicted molar refractivity (Wildman–Crippen MR) is 103 cm³/mol. The van der Waals surface area contributed by atoms with E-state index in [9.17, 15) is 0 Å². The minimum Gasteiger partial charge on any atom is -0.252 e. The van der Waals surface area contributed by atoms with Gasteiger partial charge in [0, 0.05) is 22.3 Å². The Hall–Kier alpha value is -2.32. The molecule has 0 bridgehead atoms. The van der Waals surface area contributed by atoms with Gasteiger partial charge in [0.2, 0.25) is 0 Å². The first-order valence-corrected chi connectivity index (χ1v) is 9.13. The lowest BCUT2D eigenvalue weighted by Gasteiger charge is -2.16. The van der Waals surface area contributed by atoms with Crippen molar-refractivity contribution < 1.29 is 0 Å². The van der Waals surface area contributed by atoms with E-state index in [1.54, 1.807) is 0 Å². The summed E-state index contributed by atoms with van der Waals surface area (Å²) < 4.78 is 0. The third-order valence-corrected chi connectivity index (χ3v) is 5.60. The number of fused-ring (bicyclic) bond motifs is 1. The first-order chi connectivity index (χ1) is 11.8. The molecular formula is C22H19NS. The van der Waals surface area contributed by atoms with Gasteiger partial charge in [-0.05, 0) is 35.7 Å². The van der Waals surface area contributed by atoms with E-state index in [0.717, 1.165) is 12.1 Å². The van der Waals surface area contributed by atoms with E-state index >= 15 is 0 Å². The third kappa shape index (κ3) is 3.15. The zero-order valence-electron chi connectivity index (χ0n) is 13.6. The normalized spacial score (nSPS) is 16.9. The highest BCUT2D eigenvalue weighted by Crippen LogP contribution is 2.45. The second-order valence-electron chi connectivity index (χ2n) is 6.12. The molecule has 0 fully saturated rings. The molecule has 1 aliphatic heterocycles. The maximum Gasteiger partial charge on any atom is 0.0769 e. The Morgan fingerprint density at radius 1 is 0.875 bits per heavy atom. The molecule has 0 saturated heterocycles. The van der Waals surface area contributed by atoms with Crippen LogP contribution in [-0.4, -0.2) is 5.71 Å². The molecule has 1 atom stereocenters. The number of aliphatic imine (C=N–C) groups is 1. The summed E-state index contributed by atoms with van der Waals surface area (Å²) in [5.41, 5.74) is 6.11. The molecular weight excluding hydrogens is 310 g/mol. The summed E-state index contributed by atoms with van der Waals surface area (Å²) in [5, 5.41) is 0.383. The smallest absolute Gasteiger partial charge is 0.0769 e. The van der Waals surface area contributed by atoms with Crippen molar-refractivity contribution in [3.63, 3.8) is 0 Å². The molecule has 0 radical (unpaired) electrons. The molecule has 0 amide bonds. The van der Waals surface area contributed by atoms with E-state index in [0.29, 0.717) is 5.25 Å². The minimum atomic E-state index is 0.383. The van der Waals surface area contributed by atoms with Crippen LogP contribution in [0.5, 0.6) is 0 Å². The topological polar surface area (TPSA) is 12.4 Å². The molecule has 0 spiro atoms. The monoisotopic (exact) mass is 329 g/mol. The largest absolute Gasteiger partial charge is 0.252 e. The maximum atomic E-state index is 5.02. The lowest BCUT2D eigenvalue weighted by Crippen LogP contribution is -2.05. The molecule has 0 N–H and O–H groups in total. The Kier molecular flexibility index (Phi) is 4.22. The highest BCUT2D eigenvalue weighted by Gasteiger charge is 2.22. The SMILES string of the molecule is Cc1ccc2c(c1)SC(c1ccccc1)CC(c1ccccc1)=N2. The predicted octanol–water partition coefficient (Wildman–Crippen LogP) is 6.35. The second-order valence-corrected chi connectivity index (χ2v) is 7.36. The summed E-state index contributed by atoms with van der Waals surface area (Å²) in [6.45, 7) is 2.14. The molecule has 3 aromatic rings. The van der Waals surface area contributed by atoms with Crippen LogP contribution in [0.4, 0.5) is 5.69 Å². The average molecular weight is 329 g/mol. The molecule has 24 heavy (non-hydrogen) atoms. The van der Waals surface area contributed by atoms with Crippen molar-refractivity contribution in [3.8, 4) is 0 Å². The summed E-state index contributed by atoms with van der Waals surface area (Å²) in [6.07, 6.45) is 0.937. The van der Waals surface area contributed by atoms with Gasteiger partial charge in [-0.25, -0.2) is 0 Å². The van der Waals surface area contributed by atoms with Crippen LogP contribution in [0.2, 0.25) is 0 Å². The molecule has 0 saturated carbocycles. The number of rotatable bonds is 2. The van der Waals surface area contributed by atoms with Crippen molar-refractivity contribution in [2.75, 3.05) is 0 Å². The summed E-state index contributed by atoms with van der Waals surface area (Å²) in [4.78, 5) is 6.29. The highest BCUT2D eigenvalue weighted by atomic mass is 32.2. The number of benzene rings is 3. The zero-order chi connectivity index (χ0) is 16.4.